The molecule has 2 aliphatic rings. The van der Waals surface area contributed by atoms with Crippen molar-refractivity contribution in [3.63, 3.8) is 0 Å². The predicted octanol–water partition coefficient (Wildman–Crippen LogP) is 3.73. The molecule has 1 aliphatic carbocycles. The monoisotopic (exact) mass is 395 g/mol. The minimum Gasteiger partial charge on any atom is -0.497 e. The van der Waals surface area contributed by atoms with Crippen LogP contribution in [0.15, 0.2) is 28.8 Å². The lowest BCUT2D eigenvalue weighted by atomic mass is 9.87. The second-order valence-electron chi connectivity index (χ2n) is 7.86. The Morgan fingerprint density at radius 2 is 1.97 bits per heavy atom. The Labute approximate surface area is 169 Å². The van der Waals surface area contributed by atoms with E-state index in [1.165, 1.54) is 32.1 Å². The third-order valence-corrected chi connectivity index (χ3v) is 5.95. The molecular formula is C21H25N5O3. The Morgan fingerprint density at radius 3 is 2.76 bits per heavy atom. The summed E-state index contributed by atoms with van der Waals surface area (Å²) in [5.74, 6) is 2.68. The maximum absolute atomic E-state index is 6.08. The van der Waals surface area contributed by atoms with Crippen LogP contribution in [-0.4, -0.2) is 32.2 Å². The Morgan fingerprint density at radius 1 is 1.14 bits per heavy atom. The van der Waals surface area contributed by atoms with Crippen LogP contribution >= 0.6 is 0 Å². The SMILES string of the molecule is COc1ccc(C2Cn3nnc(-c4noc(CC5CCCCC5)n4)c3CO2)cc1. The number of aromatic nitrogens is 5. The summed E-state index contributed by atoms with van der Waals surface area (Å²) in [4.78, 5) is 4.59. The standard InChI is InChI=1S/C21H25N5O3/c1-27-16-9-7-15(8-10-16)18-12-26-17(13-28-18)20(23-25-26)21-22-19(29-24-21)11-14-5-3-2-4-6-14/h7-10,14,18H,2-6,11-13H2,1H3. The molecule has 3 aromatic rings. The quantitative estimate of drug-likeness (QED) is 0.650. The number of hydrogen-bond acceptors (Lipinski definition) is 7. The lowest BCUT2D eigenvalue weighted by Crippen LogP contribution is -2.22. The van der Waals surface area contributed by atoms with Gasteiger partial charge in [0.05, 0.1) is 26.0 Å². The van der Waals surface area contributed by atoms with E-state index < -0.39 is 0 Å². The molecule has 1 atom stereocenters. The number of fused-ring (bicyclic) bond motifs is 1. The molecule has 0 radical (unpaired) electrons. The summed E-state index contributed by atoms with van der Waals surface area (Å²) in [6.07, 6.45) is 7.23. The number of nitrogens with zero attached hydrogens (tertiary/aromatic N) is 5. The van der Waals surface area contributed by atoms with Gasteiger partial charge in [0.1, 0.15) is 11.9 Å². The Balaban J connectivity index is 1.30. The van der Waals surface area contributed by atoms with E-state index in [0.717, 1.165) is 23.4 Å². The van der Waals surface area contributed by atoms with Crippen LogP contribution < -0.4 is 4.74 Å². The van der Waals surface area contributed by atoms with Gasteiger partial charge in [0.2, 0.25) is 11.7 Å². The molecule has 0 bridgehead atoms. The summed E-state index contributed by atoms with van der Waals surface area (Å²) in [6.45, 7) is 1.01. The van der Waals surface area contributed by atoms with Crippen LogP contribution in [0.1, 0.15) is 55.4 Å². The topological polar surface area (TPSA) is 88.1 Å². The van der Waals surface area contributed by atoms with Crippen molar-refractivity contribution in [1.29, 1.82) is 0 Å². The van der Waals surface area contributed by atoms with E-state index in [0.29, 0.717) is 36.5 Å². The van der Waals surface area contributed by atoms with E-state index >= 15 is 0 Å². The summed E-state index contributed by atoms with van der Waals surface area (Å²) >= 11 is 0. The number of hydrogen-bond donors (Lipinski definition) is 0. The van der Waals surface area contributed by atoms with Crippen LogP contribution in [-0.2, 0) is 24.3 Å². The molecule has 0 N–H and O–H groups in total. The highest BCUT2D eigenvalue weighted by molar-refractivity contribution is 5.51. The molecule has 1 unspecified atom stereocenters. The zero-order valence-corrected chi connectivity index (χ0v) is 16.6. The van der Waals surface area contributed by atoms with Gasteiger partial charge in [0.25, 0.3) is 0 Å². The number of ether oxygens (including phenoxy) is 2. The highest BCUT2D eigenvalue weighted by atomic mass is 16.5. The van der Waals surface area contributed by atoms with Crippen molar-refractivity contribution >= 4 is 0 Å². The fourth-order valence-corrected chi connectivity index (χ4v) is 4.28. The minimum atomic E-state index is -0.0740. The van der Waals surface area contributed by atoms with Crippen molar-refractivity contribution in [3.8, 4) is 17.3 Å². The average molecular weight is 395 g/mol. The third-order valence-electron chi connectivity index (χ3n) is 5.95. The highest BCUT2D eigenvalue weighted by Gasteiger charge is 2.28. The zero-order valence-electron chi connectivity index (χ0n) is 16.6. The smallest absolute Gasteiger partial charge is 0.227 e. The molecule has 2 aromatic heterocycles. The predicted molar refractivity (Wildman–Crippen MR) is 104 cm³/mol. The first-order valence-corrected chi connectivity index (χ1v) is 10.3. The Kier molecular flexibility index (Phi) is 5.01. The van der Waals surface area contributed by atoms with Crippen LogP contribution in [0.2, 0.25) is 0 Å². The van der Waals surface area contributed by atoms with Crippen LogP contribution in [0.4, 0.5) is 0 Å². The van der Waals surface area contributed by atoms with Crippen molar-refractivity contribution < 1.29 is 14.0 Å². The van der Waals surface area contributed by atoms with Crippen molar-refractivity contribution in [3.05, 3.63) is 41.4 Å². The van der Waals surface area contributed by atoms with Crippen molar-refractivity contribution in [2.75, 3.05) is 7.11 Å². The van der Waals surface area contributed by atoms with Gasteiger partial charge in [-0.1, -0.05) is 41.8 Å². The number of rotatable bonds is 5. The van der Waals surface area contributed by atoms with Gasteiger partial charge in [-0.2, -0.15) is 4.98 Å². The molecule has 0 spiro atoms. The fraction of sp³-hybridized carbons (Fsp3) is 0.524. The van der Waals surface area contributed by atoms with Crippen LogP contribution in [0.25, 0.3) is 11.5 Å². The molecule has 29 heavy (non-hydrogen) atoms. The molecule has 3 heterocycles. The Bertz CT molecular complexity index is 959. The molecule has 8 nitrogen and oxygen atoms in total. The summed E-state index contributed by atoms with van der Waals surface area (Å²) in [5.41, 5.74) is 2.62. The van der Waals surface area contributed by atoms with Crippen LogP contribution in [0, 0.1) is 5.92 Å². The number of benzene rings is 1. The van der Waals surface area contributed by atoms with Gasteiger partial charge in [-0.05, 0) is 36.5 Å². The largest absolute Gasteiger partial charge is 0.497 e. The van der Waals surface area contributed by atoms with Crippen LogP contribution in [0.5, 0.6) is 5.75 Å². The van der Waals surface area contributed by atoms with Crippen molar-refractivity contribution in [1.82, 2.24) is 25.1 Å². The van der Waals surface area contributed by atoms with Gasteiger partial charge >= 0.3 is 0 Å². The maximum Gasteiger partial charge on any atom is 0.227 e. The minimum absolute atomic E-state index is 0.0740. The molecule has 1 fully saturated rings. The molecule has 8 heteroatoms. The summed E-state index contributed by atoms with van der Waals surface area (Å²) in [7, 11) is 1.66. The van der Waals surface area contributed by atoms with Gasteiger partial charge in [0.15, 0.2) is 5.69 Å². The molecular weight excluding hydrogens is 370 g/mol. The molecule has 0 amide bonds. The van der Waals surface area contributed by atoms with E-state index in [4.69, 9.17) is 14.0 Å². The van der Waals surface area contributed by atoms with E-state index in [9.17, 15) is 0 Å². The van der Waals surface area contributed by atoms with Gasteiger partial charge in [0, 0.05) is 6.42 Å². The second-order valence-corrected chi connectivity index (χ2v) is 7.86. The third kappa shape index (κ3) is 3.76. The maximum atomic E-state index is 6.08. The molecule has 1 aromatic carbocycles. The summed E-state index contributed by atoms with van der Waals surface area (Å²) < 4.78 is 18.7. The molecule has 1 saturated carbocycles. The van der Waals surface area contributed by atoms with Crippen molar-refractivity contribution in [2.45, 2.75) is 57.8 Å². The summed E-state index contributed by atoms with van der Waals surface area (Å²) in [5, 5.41) is 12.8. The first-order chi connectivity index (χ1) is 14.3. The molecule has 1 aliphatic heterocycles. The average Bonchev–Trinajstić information content (AvgIpc) is 3.41. The second kappa shape index (κ2) is 7.94. The molecule has 152 valence electrons. The van der Waals surface area contributed by atoms with Gasteiger partial charge < -0.3 is 14.0 Å². The van der Waals surface area contributed by atoms with Crippen molar-refractivity contribution in [2.24, 2.45) is 5.92 Å². The van der Waals surface area contributed by atoms with Crippen LogP contribution in [0.3, 0.4) is 0 Å². The van der Waals surface area contributed by atoms with E-state index in [1.54, 1.807) is 7.11 Å². The normalized spacial score (nSPS) is 19.8. The Hall–Kier alpha value is -2.74. The fourth-order valence-electron chi connectivity index (χ4n) is 4.28. The first-order valence-electron chi connectivity index (χ1n) is 10.3. The lowest BCUT2D eigenvalue weighted by molar-refractivity contribution is -0.00114. The molecule has 5 rings (SSSR count). The summed E-state index contributed by atoms with van der Waals surface area (Å²) in [6, 6.07) is 7.91. The lowest BCUT2D eigenvalue weighted by Gasteiger charge is -2.24. The van der Waals surface area contributed by atoms with E-state index in [2.05, 4.69) is 20.5 Å². The van der Waals surface area contributed by atoms with Gasteiger partial charge in [-0.3, -0.25) is 0 Å². The van der Waals surface area contributed by atoms with Gasteiger partial charge in [-0.25, -0.2) is 4.68 Å². The van der Waals surface area contributed by atoms with Gasteiger partial charge in [-0.15, -0.1) is 5.10 Å². The molecule has 0 saturated heterocycles. The first kappa shape index (κ1) is 18.3. The zero-order chi connectivity index (χ0) is 19.6. The number of methoxy groups -OCH3 is 1. The van der Waals surface area contributed by atoms with E-state index in [-0.39, 0.29) is 6.10 Å². The van der Waals surface area contributed by atoms with E-state index in [1.807, 2.05) is 28.9 Å². The highest BCUT2D eigenvalue weighted by Crippen LogP contribution is 2.31.